The molecule has 2 heterocycles. The summed E-state index contributed by atoms with van der Waals surface area (Å²) >= 11 is 0. The maximum absolute atomic E-state index is 11.9. The molecule has 1 saturated heterocycles. The summed E-state index contributed by atoms with van der Waals surface area (Å²) in [6, 6.07) is 36.1. The Bertz CT molecular complexity index is 1580. The molecule has 1 aliphatic heterocycles. The van der Waals surface area contributed by atoms with Gasteiger partial charge in [0.1, 0.15) is 29.3 Å². The van der Waals surface area contributed by atoms with Gasteiger partial charge in [0.25, 0.3) is 0 Å². The number of rotatable bonds is 11. The van der Waals surface area contributed by atoms with E-state index in [-0.39, 0.29) is 12.1 Å². The average Bonchev–Trinajstić information content (AvgIpc) is 3.62. The Morgan fingerprint density at radius 1 is 0.833 bits per heavy atom. The molecule has 42 heavy (non-hydrogen) atoms. The van der Waals surface area contributed by atoms with Crippen molar-refractivity contribution in [3.63, 3.8) is 0 Å². The van der Waals surface area contributed by atoms with E-state index in [0.29, 0.717) is 25.5 Å². The SMILES string of the molecule is Cc1oc(-c2ccccc2)nc1CCOc1ccc([C@@H]2CC[C@@H](C=O)N2Cc2ccc(Oc3ccccc3)cc2)cc1. The van der Waals surface area contributed by atoms with E-state index in [0.717, 1.165) is 59.0 Å². The lowest BCUT2D eigenvalue weighted by Crippen LogP contribution is -2.32. The maximum atomic E-state index is 11.9. The van der Waals surface area contributed by atoms with E-state index in [9.17, 15) is 4.79 Å². The number of likely N-dealkylation sites (tertiary alicyclic amines) is 1. The lowest BCUT2D eigenvalue weighted by Gasteiger charge is -2.28. The van der Waals surface area contributed by atoms with Gasteiger partial charge in [-0.2, -0.15) is 0 Å². The number of hydrogen-bond donors (Lipinski definition) is 0. The van der Waals surface area contributed by atoms with Gasteiger partial charge in [-0.25, -0.2) is 4.98 Å². The van der Waals surface area contributed by atoms with Crippen LogP contribution in [0.3, 0.4) is 0 Å². The smallest absolute Gasteiger partial charge is 0.226 e. The van der Waals surface area contributed by atoms with Crippen LogP contribution in [0.25, 0.3) is 11.5 Å². The fraction of sp³-hybridized carbons (Fsp3) is 0.222. The number of carbonyl (C=O) groups excluding carboxylic acids is 1. The molecule has 6 rings (SSSR count). The Hall–Kier alpha value is -4.68. The van der Waals surface area contributed by atoms with E-state index in [2.05, 4.69) is 34.1 Å². The van der Waals surface area contributed by atoms with Crippen LogP contribution < -0.4 is 9.47 Å². The monoisotopic (exact) mass is 558 g/mol. The van der Waals surface area contributed by atoms with Crippen LogP contribution in [0.1, 0.15) is 41.5 Å². The Kier molecular flexibility index (Phi) is 8.43. The second-order valence-electron chi connectivity index (χ2n) is 10.6. The Labute approximate surface area is 246 Å². The van der Waals surface area contributed by atoms with Gasteiger partial charge >= 0.3 is 0 Å². The molecule has 0 amide bonds. The number of aryl methyl sites for hydroxylation is 1. The Morgan fingerprint density at radius 3 is 2.21 bits per heavy atom. The minimum Gasteiger partial charge on any atom is -0.493 e. The van der Waals surface area contributed by atoms with Crippen molar-refractivity contribution in [3.05, 3.63) is 132 Å². The summed E-state index contributed by atoms with van der Waals surface area (Å²) in [5.41, 5.74) is 4.21. The van der Waals surface area contributed by atoms with Crippen molar-refractivity contribution in [1.82, 2.24) is 9.88 Å². The molecule has 6 nitrogen and oxygen atoms in total. The maximum Gasteiger partial charge on any atom is 0.226 e. The molecule has 0 radical (unpaired) electrons. The molecule has 2 atom stereocenters. The Morgan fingerprint density at radius 2 is 1.50 bits per heavy atom. The minimum atomic E-state index is -0.0994. The van der Waals surface area contributed by atoms with Gasteiger partial charge in [-0.15, -0.1) is 0 Å². The summed E-state index contributed by atoms with van der Waals surface area (Å²) in [6.07, 6.45) is 3.54. The van der Waals surface area contributed by atoms with Gasteiger partial charge in [0, 0.05) is 24.6 Å². The standard InChI is InChI=1S/C36H34N2O4/c1-26-34(37-36(41-26)29-8-4-2-5-9-29)22-23-40-31-19-14-28(15-20-31)35-21-16-30(25-39)38(35)24-27-12-17-33(18-13-27)42-32-10-6-3-7-11-32/h2-15,17-20,25,30,35H,16,21-24H2,1H3/t30-,35-/m0/s1. The van der Waals surface area contributed by atoms with Crippen LogP contribution in [-0.4, -0.2) is 28.8 Å². The van der Waals surface area contributed by atoms with Crippen LogP contribution in [0, 0.1) is 6.92 Å². The first-order valence-electron chi connectivity index (χ1n) is 14.4. The second-order valence-corrected chi connectivity index (χ2v) is 10.6. The van der Waals surface area contributed by atoms with Gasteiger partial charge in [0.05, 0.1) is 18.3 Å². The summed E-state index contributed by atoms with van der Waals surface area (Å²) in [7, 11) is 0. The number of oxazole rings is 1. The molecule has 0 aliphatic carbocycles. The minimum absolute atomic E-state index is 0.0994. The summed E-state index contributed by atoms with van der Waals surface area (Å²) in [4.78, 5) is 18.9. The van der Waals surface area contributed by atoms with Crippen molar-refractivity contribution >= 4 is 6.29 Å². The van der Waals surface area contributed by atoms with Crippen molar-refractivity contribution in [3.8, 4) is 28.7 Å². The van der Waals surface area contributed by atoms with Gasteiger partial charge in [-0.1, -0.05) is 60.7 Å². The van der Waals surface area contributed by atoms with Gasteiger partial charge < -0.3 is 18.7 Å². The van der Waals surface area contributed by atoms with Crippen molar-refractivity contribution in [1.29, 1.82) is 0 Å². The number of carbonyl (C=O) groups is 1. The third-order valence-corrected chi connectivity index (χ3v) is 7.77. The topological polar surface area (TPSA) is 64.8 Å². The van der Waals surface area contributed by atoms with E-state index < -0.39 is 0 Å². The Balaban J connectivity index is 1.06. The van der Waals surface area contributed by atoms with E-state index in [1.165, 1.54) is 5.56 Å². The first kappa shape index (κ1) is 27.5. The van der Waals surface area contributed by atoms with Gasteiger partial charge in [0.15, 0.2) is 0 Å². The lowest BCUT2D eigenvalue weighted by molar-refractivity contribution is -0.112. The number of benzene rings is 4. The first-order valence-corrected chi connectivity index (χ1v) is 14.4. The molecule has 0 spiro atoms. The fourth-order valence-electron chi connectivity index (χ4n) is 5.54. The third-order valence-electron chi connectivity index (χ3n) is 7.77. The van der Waals surface area contributed by atoms with Crippen LogP contribution in [0.4, 0.5) is 0 Å². The molecule has 1 aromatic heterocycles. The quantitative estimate of drug-likeness (QED) is 0.153. The first-order chi connectivity index (χ1) is 20.7. The number of aldehydes is 1. The van der Waals surface area contributed by atoms with Crippen LogP contribution in [0.15, 0.2) is 114 Å². The van der Waals surface area contributed by atoms with Crippen molar-refractivity contribution in [2.45, 2.75) is 44.8 Å². The lowest BCUT2D eigenvalue weighted by atomic mass is 10.0. The predicted molar refractivity (Wildman–Crippen MR) is 163 cm³/mol. The van der Waals surface area contributed by atoms with Crippen molar-refractivity contribution in [2.24, 2.45) is 0 Å². The highest BCUT2D eigenvalue weighted by molar-refractivity contribution is 5.58. The number of para-hydroxylation sites is 1. The van der Waals surface area contributed by atoms with Gasteiger partial charge in [0.2, 0.25) is 5.89 Å². The molecule has 212 valence electrons. The highest BCUT2D eigenvalue weighted by Gasteiger charge is 2.34. The fourth-order valence-corrected chi connectivity index (χ4v) is 5.54. The molecule has 1 aliphatic rings. The van der Waals surface area contributed by atoms with E-state index in [1.807, 2.05) is 91.9 Å². The van der Waals surface area contributed by atoms with E-state index in [4.69, 9.17) is 13.9 Å². The number of ether oxygens (including phenoxy) is 2. The molecule has 0 unspecified atom stereocenters. The number of nitrogens with zero attached hydrogens (tertiary/aromatic N) is 2. The molecule has 0 saturated carbocycles. The predicted octanol–water partition coefficient (Wildman–Crippen LogP) is 7.97. The van der Waals surface area contributed by atoms with Crippen molar-refractivity contribution in [2.75, 3.05) is 6.61 Å². The molecule has 1 fully saturated rings. The molecule has 5 aromatic rings. The molecular weight excluding hydrogens is 524 g/mol. The summed E-state index contributed by atoms with van der Waals surface area (Å²) in [6.45, 7) is 3.14. The molecule has 4 aromatic carbocycles. The molecular formula is C36H34N2O4. The zero-order chi connectivity index (χ0) is 28.7. The second kappa shape index (κ2) is 12.9. The van der Waals surface area contributed by atoms with Crippen LogP contribution in [0.2, 0.25) is 0 Å². The average molecular weight is 559 g/mol. The van der Waals surface area contributed by atoms with Crippen LogP contribution >= 0.6 is 0 Å². The van der Waals surface area contributed by atoms with Crippen LogP contribution in [0.5, 0.6) is 17.2 Å². The molecule has 0 N–H and O–H groups in total. The number of aromatic nitrogens is 1. The highest BCUT2D eigenvalue weighted by atomic mass is 16.5. The van der Waals surface area contributed by atoms with Gasteiger partial charge in [-0.05, 0) is 79.4 Å². The third kappa shape index (κ3) is 6.45. The molecule has 6 heteroatoms. The summed E-state index contributed by atoms with van der Waals surface area (Å²) < 4.78 is 17.9. The van der Waals surface area contributed by atoms with E-state index >= 15 is 0 Å². The number of hydrogen-bond acceptors (Lipinski definition) is 6. The van der Waals surface area contributed by atoms with Crippen LogP contribution in [-0.2, 0) is 17.8 Å². The van der Waals surface area contributed by atoms with E-state index in [1.54, 1.807) is 0 Å². The van der Waals surface area contributed by atoms with Gasteiger partial charge in [-0.3, -0.25) is 4.90 Å². The summed E-state index contributed by atoms with van der Waals surface area (Å²) in [5, 5.41) is 0. The summed E-state index contributed by atoms with van der Waals surface area (Å²) in [5.74, 6) is 3.87. The normalized spacial score (nSPS) is 16.8. The van der Waals surface area contributed by atoms with Crippen molar-refractivity contribution < 1.29 is 18.7 Å². The highest BCUT2D eigenvalue weighted by Crippen LogP contribution is 2.37. The largest absolute Gasteiger partial charge is 0.493 e. The zero-order valence-electron chi connectivity index (χ0n) is 23.7. The zero-order valence-corrected chi connectivity index (χ0v) is 23.7. The molecule has 0 bridgehead atoms.